The van der Waals surface area contributed by atoms with E-state index in [1.54, 1.807) is 6.92 Å². The van der Waals surface area contributed by atoms with Gasteiger partial charge in [-0.1, -0.05) is 18.2 Å². The third kappa shape index (κ3) is 3.54. The van der Waals surface area contributed by atoms with Crippen LogP contribution in [0.1, 0.15) is 56.6 Å². The summed E-state index contributed by atoms with van der Waals surface area (Å²) in [5.74, 6) is -0.613. The number of carbonyl (C=O) groups excluding carboxylic acids is 3. The average molecular weight is 425 g/mol. The predicted octanol–water partition coefficient (Wildman–Crippen LogP) is 4.52. The third-order valence-electron chi connectivity index (χ3n) is 5.60. The molecule has 2 aromatic heterocycles. The second kappa shape index (κ2) is 8.44. The van der Waals surface area contributed by atoms with Crippen molar-refractivity contribution in [2.75, 3.05) is 11.9 Å². The number of aromatic nitrogens is 1. The first-order chi connectivity index (χ1) is 14.5. The van der Waals surface area contributed by atoms with Crippen molar-refractivity contribution < 1.29 is 19.1 Å². The maximum Gasteiger partial charge on any atom is 0.341 e. The van der Waals surface area contributed by atoms with Crippen molar-refractivity contribution >= 4 is 45.4 Å². The van der Waals surface area contributed by atoms with Crippen LogP contribution in [0.5, 0.6) is 0 Å². The quantitative estimate of drug-likeness (QED) is 0.466. The fourth-order valence-corrected chi connectivity index (χ4v) is 5.49. The van der Waals surface area contributed by atoms with E-state index < -0.39 is 0 Å². The van der Waals surface area contributed by atoms with Gasteiger partial charge in [0.05, 0.1) is 12.2 Å². The molecule has 0 unspecified atom stereocenters. The fraction of sp³-hybridized carbons (Fsp3) is 0.348. The molecule has 0 spiro atoms. The number of carbonyl (C=O) groups is 3. The van der Waals surface area contributed by atoms with Gasteiger partial charge in [-0.05, 0) is 51.2 Å². The number of anilines is 1. The van der Waals surface area contributed by atoms with Gasteiger partial charge < -0.3 is 14.6 Å². The predicted molar refractivity (Wildman–Crippen MR) is 118 cm³/mol. The molecule has 1 amide bonds. The van der Waals surface area contributed by atoms with Gasteiger partial charge in [0.15, 0.2) is 6.29 Å². The highest BCUT2D eigenvalue weighted by atomic mass is 32.1. The van der Waals surface area contributed by atoms with Crippen LogP contribution < -0.4 is 5.32 Å². The normalized spacial score (nSPS) is 13.1. The summed E-state index contributed by atoms with van der Waals surface area (Å²) in [7, 11) is 0. The number of thiophene rings is 1. The van der Waals surface area contributed by atoms with E-state index in [1.807, 2.05) is 35.8 Å². The minimum atomic E-state index is -0.377. The van der Waals surface area contributed by atoms with Crippen molar-refractivity contribution in [2.24, 2.45) is 0 Å². The third-order valence-corrected chi connectivity index (χ3v) is 6.81. The number of nitrogens with zero attached hydrogens (tertiary/aromatic N) is 1. The molecule has 30 heavy (non-hydrogen) atoms. The van der Waals surface area contributed by atoms with Crippen molar-refractivity contribution in [1.82, 2.24) is 4.57 Å². The summed E-state index contributed by atoms with van der Waals surface area (Å²) in [6.45, 7) is 3.97. The van der Waals surface area contributed by atoms with Gasteiger partial charge in [-0.3, -0.25) is 9.59 Å². The topological polar surface area (TPSA) is 77.4 Å². The lowest BCUT2D eigenvalue weighted by molar-refractivity contribution is -0.116. The second-order valence-corrected chi connectivity index (χ2v) is 8.51. The van der Waals surface area contributed by atoms with E-state index in [0.29, 0.717) is 22.7 Å². The highest BCUT2D eigenvalue weighted by Crippen LogP contribution is 2.38. The fourth-order valence-electron chi connectivity index (χ4n) is 4.19. The van der Waals surface area contributed by atoms with Crippen molar-refractivity contribution in [1.29, 1.82) is 0 Å². The smallest absolute Gasteiger partial charge is 0.341 e. The van der Waals surface area contributed by atoms with Gasteiger partial charge in [0.25, 0.3) is 0 Å². The number of hydrogen-bond acceptors (Lipinski definition) is 5. The monoisotopic (exact) mass is 424 g/mol. The lowest BCUT2D eigenvalue weighted by Crippen LogP contribution is -2.20. The highest BCUT2D eigenvalue weighted by molar-refractivity contribution is 7.17. The van der Waals surface area contributed by atoms with Crippen LogP contribution in [0, 0.1) is 6.92 Å². The molecule has 1 aromatic carbocycles. The molecule has 0 saturated carbocycles. The van der Waals surface area contributed by atoms with Crippen LogP contribution >= 0.6 is 11.3 Å². The van der Waals surface area contributed by atoms with Gasteiger partial charge in [0.2, 0.25) is 5.91 Å². The first-order valence-electron chi connectivity index (χ1n) is 10.2. The Morgan fingerprint density at radius 2 is 2.00 bits per heavy atom. The number of nitrogens with one attached hydrogen (secondary N) is 1. The Labute approximate surface area is 178 Å². The van der Waals surface area contributed by atoms with E-state index in [9.17, 15) is 14.4 Å². The second-order valence-electron chi connectivity index (χ2n) is 7.40. The zero-order valence-corrected chi connectivity index (χ0v) is 17.9. The molecular weight excluding hydrogens is 400 g/mol. The van der Waals surface area contributed by atoms with E-state index in [2.05, 4.69) is 5.32 Å². The molecule has 4 rings (SSSR count). The molecule has 1 N–H and O–H groups in total. The van der Waals surface area contributed by atoms with Gasteiger partial charge in [-0.25, -0.2) is 4.79 Å². The maximum atomic E-state index is 13.0. The Morgan fingerprint density at radius 3 is 2.77 bits per heavy atom. The molecule has 0 radical (unpaired) electrons. The number of esters is 1. The molecule has 3 aromatic rings. The minimum Gasteiger partial charge on any atom is -0.462 e. The highest BCUT2D eigenvalue weighted by Gasteiger charge is 2.27. The number of rotatable bonds is 6. The van der Waals surface area contributed by atoms with Crippen molar-refractivity contribution in [3.05, 3.63) is 51.5 Å². The zero-order valence-electron chi connectivity index (χ0n) is 17.1. The number of hydrogen-bond donors (Lipinski definition) is 1. The molecule has 2 heterocycles. The number of para-hydroxylation sites is 1. The number of fused-ring (bicyclic) bond motifs is 2. The molecule has 0 atom stereocenters. The van der Waals surface area contributed by atoms with Crippen LogP contribution in [-0.4, -0.2) is 29.3 Å². The summed E-state index contributed by atoms with van der Waals surface area (Å²) in [4.78, 5) is 38.3. The molecule has 0 aliphatic heterocycles. The van der Waals surface area contributed by atoms with Crippen LogP contribution in [-0.2, 0) is 28.9 Å². The van der Waals surface area contributed by atoms with Gasteiger partial charge in [0.1, 0.15) is 11.5 Å². The van der Waals surface area contributed by atoms with Gasteiger partial charge in [-0.2, -0.15) is 0 Å². The van der Waals surface area contributed by atoms with Crippen LogP contribution in [0.3, 0.4) is 0 Å². The SMILES string of the molecule is CCOC(=O)c1c(NC(=O)Cn2c(C)c(C=O)c3ccccc32)sc2c1CCCC2. The minimum absolute atomic E-state index is 0.0605. The molecule has 0 saturated heterocycles. The first kappa shape index (κ1) is 20.3. The van der Waals surface area contributed by atoms with Crippen LogP contribution in [0.15, 0.2) is 24.3 Å². The summed E-state index contributed by atoms with van der Waals surface area (Å²) in [6, 6.07) is 7.54. The Hall–Kier alpha value is -2.93. The van der Waals surface area contributed by atoms with Gasteiger partial charge >= 0.3 is 5.97 Å². The van der Waals surface area contributed by atoms with E-state index in [-0.39, 0.29) is 18.4 Å². The number of ether oxygens (including phenoxy) is 1. The summed E-state index contributed by atoms with van der Waals surface area (Å²) in [5, 5.41) is 4.34. The summed E-state index contributed by atoms with van der Waals surface area (Å²) < 4.78 is 7.10. The maximum absolute atomic E-state index is 13.0. The molecule has 7 heteroatoms. The van der Waals surface area contributed by atoms with E-state index in [1.165, 1.54) is 11.3 Å². The summed E-state index contributed by atoms with van der Waals surface area (Å²) >= 11 is 1.47. The van der Waals surface area contributed by atoms with E-state index in [4.69, 9.17) is 4.74 Å². The Morgan fingerprint density at radius 1 is 1.23 bits per heavy atom. The molecular formula is C23H24N2O4S. The largest absolute Gasteiger partial charge is 0.462 e. The molecule has 0 bridgehead atoms. The molecule has 1 aliphatic carbocycles. The standard InChI is InChI=1S/C23H24N2O4S/c1-3-29-23(28)21-16-9-5-7-11-19(16)30-22(21)24-20(27)12-25-14(2)17(13-26)15-8-4-6-10-18(15)25/h4,6,8,10,13H,3,5,7,9,11-12H2,1-2H3,(H,24,27). The lowest BCUT2D eigenvalue weighted by atomic mass is 9.95. The van der Waals surface area contributed by atoms with Crippen LogP contribution in [0.2, 0.25) is 0 Å². The number of amides is 1. The van der Waals surface area contributed by atoms with Crippen molar-refractivity contribution in [2.45, 2.75) is 46.1 Å². The Balaban J connectivity index is 1.65. The van der Waals surface area contributed by atoms with Crippen LogP contribution in [0.4, 0.5) is 5.00 Å². The number of aryl methyl sites for hydroxylation is 1. The molecule has 6 nitrogen and oxygen atoms in total. The van der Waals surface area contributed by atoms with Crippen LogP contribution in [0.25, 0.3) is 10.9 Å². The van der Waals surface area contributed by atoms with Crippen molar-refractivity contribution in [3.8, 4) is 0 Å². The first-order valence-corrected chi connectivity index (χ1v) is 11.0. The zero-order chi connectivity index (χ0) is 21.3. The van der Waals surface area contributed by atoms with Gasteiger partial charge in [0, 0.05) is 27.0 Å². The summed E-state index contributed by atoms with van der Waals surface area (Å²) in [5.41, 5.74) is 3.70. The van der Waals surface area contributed by atoms with E-state index >= 15 is 0 Å². The average Bonchev–Trinajstić information content (AvgIpc) is 3.23. The molecule has 1 aliphatic rings. The Bertz CT molecular complexity index is 1140. The molecule has 0 fully saturated rings. The lowest BCUT2D eigenvalue weighted by Gasteiger charge is -2.12. The Kier molecular flexibility index (Phi) is 5.72. The number of aldehydes is 1. The van der Waals surface area contributed by atoms with Crippen molar-refractivity contribution in [3.63, 3.8) is 0 Å². The number of benzene rings is 1. The van der Waals surface area contributed by atoms with E-state index in [0.717, 1.165) is 59.0 Å². The summed E-state index contributed by atoms with van der Waals surface area (Å²) in [6.07, 6.45) is 4.71. The van der Waals surface area contributed by atoms with Gasteiger partial charge in [-0.15, -0.1) is 11.3 Å². The molecule has 156 valence electrons.